The van der Waals surface area contributed by atoms with E-state index in [9.17, 15) is 14.4 Å². The van der Waals surface area contributed by atoms with E-state index in [1.165, 1.54) is 0 Å². The summed E-state index contributed by atoms with van der Waals surface area (Å²) in [5, 5.41) is 5.50. The van der Waals surface area contributed by atoms with Gasteiger partial charge in [0.1, 0.15) is 0 Å². The molecule has 2 N–H and O–H groups in total. The molecule has 0 atom stereocenters. The van der Waals surface area contributed by atoms with Gasteiger partial charge in [0, 0.05) is 17.8 Å². The zero-order valence-electron chi connectivity index (χ0n) is 16.7. The molecule has 2 amide bonds. The summed E-state index contributed by atoms with van der Waals surface area (Å²) in [6.07, 6.45) is -0.0990. The zero-order valence-corrected chi connectivity index (χ0v) is 16.7. The highest BCUT2D eigenvalue weighted by Crippen LogP contribution is 2.18. The third-order valence-electron chi connectivity index (χ3n) is 4.46. The van der Waals surface area contributed by atoms with Gasteiger partial charge in [0.05, 0.1) is 6.42 Å². The van der Waals surface area contributed by atoms with Crippen molar-refractivity contribution in [3.8, 4) is 0 Å². The molecule has 0 saturated heterocycles. The van der Waals surface area contributed by atoms with Crippen LogP contribution in [0.3, 0.4) is 0 Å². The van der Waals surface area contributed by atoms with Gasteiger partial charge in [0.25, 0.3) is 5.91 Å². The van der Waals surface area contributed by atoms with Gasteiger partial charge in [-0.15, -0.1) is 0 Å². The van der Waals surface area contributed by atoms with Crippen molar-refractivity contribution < 1.29 is 19.1 Å². The van der Waals surface area contributed by atoms with Gasteiger partial charge in [-0.2, -0.15) is 0 Å². The Hall–Kier alpha value is -3.15. The number of nitrogens with one attached hydrogen (secondary N) is 2. The molecule has 6 heteroatoms. The SMILES string of the molecule is Cc1ccc(NC(=O)CCC(=O)OCC(=O)Nc2cccc(C)c2C)c(C)c1. The number of hydrogen-bond donors (Lipinski definition) is 2. The van der Waals surface area contributed by atoms with E-state index in [1.807, 2.05) is 58.0 Å². The van der Waals surface area contributed by atoms with E-state index in [0.29, 0.717) is 5.69 Å². The molecule has 2 rings (SSSR count). The number of amides is 2. The second kappa shape index (κ2) is 9.69. The molecule has 2 aromatic rings. The Bertz CT molecular complexity index is 890. The second-order valence-electron chi connectivity index (χ2n) is 6.82. The largest absolute Gasteiger partial charge is 0.456 e. The summed E-state index contributed by atoms with van der Waals surface area (Å²) in [6.45, 7) is 7.36. The first kappa shape index (κ1) is 21.2. The number of ether oxygens (including phenoxy) is 1. The number of benzene rings is 2. The van der Waals surface area contributed by atoms with Crippen molar-refractivity contribution in [3.63, 3.8) is 0 Å². The minimum Gasteiger partial charge on any atom is -0.456 e. The average Bonchev–Trinajstić information content (AvgIpc) is 2.64. The summed E-state index contributed by atoms with van der Waals surface area (Å²) < 4.78 is 4.96. The smallest absolute Gasteiger partial charge is 0.306 e. The Kier molecular flexibility index (Phi) is 7.32. The lowest BCUT2D eigenvalue weighted by Gasteiger charge is -2.11. The number of anilines is 2. The lowest BCUT2D eigenvalue weighted by Crippen LogP contribution is -2.22. The predicted molar refractivity (Wildman–Crippen MR) is 109 cm³/mol. The zero-order chi connectivity index (χ0) is 20.7. The molecule has 148 valence electrons. The lowest BCUT2D eigenvalue weighted by atomic mass is 10.1. The third kappa shape index (κ3) is 6.23. The van der Waals surface area contributed by atoms with E-state index >= 15 is 0 Å². The maximum atomic E-state index is 12.0. The number of aryl methyl sites for hydroxylation is 3. The molecule has 0 unspecified atom stereocenters. The Morgan fingerprint density at radius 2 is 1.54 bits per heavy atom. The lowest BCUT2D eigenvalue weighted by molar-refractivity contribution is -0.147. The van der Waals surface area contributed by atoms with E-state index in [-0.39, 0.29) is 25.4 Å². The highest BCUT2D eigenvalue weighted by Gasteiger charge is 2.12. The van der Waals surface area contributed by atoms with Gasteiger partial charge in [-0.3, -0.25) is 14.4 Å². The van der Waals surface area contributed by atoms with Crippen molar-refractivity contribution in [2.45, 2.75) is 40.5 Å². The van der Waals surface area contributed by atoms with Gasteiger partial charge < -0.3 is 15.4 Å². The molecule has 2 aromatic carbocycles. The number of hydrogen-bond acceptors (Lipinski definition) is 4. The van der Waals surface area contributed by atoms with E-state index in [1.54, 1.807) is 6.07 Å². The van der Waals surface area contributed by atoms with Crippen molar-refractivity contribution in [2.75, 3.05) is 17.2 Å². The van der Waals surface area contributed by atoms with Crippen LogP contribution in [0.2, 0.25) is 0 Å². The fourth-order valence-corrected chi connectivity index (χ4v) is 2.67. The predicted octanol–water partition coefficient (Wildman–Crippen LogP) is 3.82. The molecule has 0 saturated carbocycles. The quantitative estimate of drug-likeness (QED) is 0.713. The van der Waals surface area contributed by atoms with Crippen LogP contribution in [0.5, 0.6) is 0 Å². The summed E-state index contributed by atoms with van der Waals surface area (Å²) in [6, 6.07) is 11.3. The Labute approximate surface area is 165 Å². The number of esters is 1. The normalized spacial score (nSPS) is 10.3. The van der Waals surface area contributed by atoms with Gasteiger partial charge in [0.15, 0.2) is 6.61 Å². The van der Waals surface area contributed by atoms with Gasteiger partial charge in [-0.05, 0) is 56.5 Å². The van der Waals surface area contributed by atoms with Crippen LogP contribution in [-0.2, 0) is 19.1 Å². The summed E-state index contributed by atoms with van der Waals surface area (Å²) in [7, 11) is 0. The number of carbonyl (C=O) groups excluding carboxylic acids is 3. The van der Waals surface area contributed by atoms with Crippen molar-refractivity contribution in [1.82, 2.24) is 0 Å². The highest BCUT2D eigenvalue weighted by atomic mass is 16.5. The molecule has 0 bridgehead atoms. The van der Waals surface area contributed by atoms with E-state index in [2.05, 4.69) is 10.6 Å². The van der Waals surface area contributed by atoms with Gasteiger partial charge in [-0.1, -0.05) is 29.8 Å². The van der Waals surface area contributed by atoms with Crippen LogP contribution < -0.4 is 10.6 Å². The fraction of sp³-hybridized carbons (Fsp3) is 0.318. The molecular weight excluding hydrogens is 356 g/mol. The molecule has 0 radical (unpaired) electrons. The molecule has 0 fully saturated rings. The first-order valence-corrected chi connectivity index (χ1v) is 9.15. The topological polar surface area (TPSA) is 84.5 Å². The number of carbonyl (C=O) groups is 3. The first-order chi connectivity index (χ1) is 13.3. The molecule has 28 heavy (non-hydrogen) atoms. The maximum absolute atomic E-state index is 12.0. The van der Waals surface area contributed by atoms with E-state index < -0.39 is 11.9 Å². The molecule has 0 spiro atoms. The van der Waals surface area contributed by atoms with E-state index in [0.717, 1.165) is 27.9 Å². The van der Waals surface area contributed by atoms with Crippen molar-refractivity contribution >= 4 is 29.2 Å². The third-order valence-corrected chi connectivity index (χ3v) is 4.46. The van der Waals surface area contributed by atoms with Crippen LogP contribution in [0.15, 0.2) is 36.4 Å². The average molecular weight is 382 g/mol. The molecular formula is C22H26N2O4. The van der Waals surface area contributed by atoms with Crippen molar-refractivity contribution in [3.05, 3.63) is 58.7 Å². The maximum Gasteiger partial charge on any atom is 0.306 e. The van der Waals surface area contributed by atoms with Crippen LogP contribution >= 0.6 is 0 Å². The van der Waals surface area contributed by atoms with Crippen LogP contribution in [0.1, 0.15) is 35.1 Å². The molecule has 6 nitrogen and oxygen atoms in total. The number of rotatable bonds is 7. The van der Waals surface area contributed by atoms with Crippen LogP contribution in [0.25, 0.3) is 0 Å². The second-order valence-corrected chi connectivity index (χ2v) is 6.82. The molecule has 0 aliphatic rings. The molecule has 0 aliphatic carbocycles. The minimum absolute atomic E-state index is 0.00917. The minimum atomic E-state index is -0.591. The summed E-state index contributed by atoms with van der Waals surface area (Å²) in [5.41, 5.74) is 5.50. The molecule has 0 heterocycles. The summed E-state index contributed by atoms with van der Waals surface area (Å²) >= 11 is 0. The van der Waals surface area contributed by atoms with E-state index in [4.69, 9.17) is 4.74 Å². The van der Waals surface area contributed by atoms with Gasteiger partial charge >= 0.3 is 5.97 Å². The van der Waals surface area contributed by atoms with Crippen molar-refractivity contribution in [1.29, 1.82) is 0 Å². The van der Waals surface area contributed by atoms with Crippen LogP contribution in [-0.4, -0.2) is 24.4 Å². The van der Waals surface area contributed by atoms with Crippen molar-refractivity contribution in [2.24, 2.45) is 0 Å². The Balaban J connectivity index is 1.74. The van der Waals surface area contributed by atoms with Gasteiger partial charge in [0.2, 0.25) is 5.91 Å². The van der Waals surface area contributed by atoms with Gasteiger partial charge in [-0.25, -0.2) is 0 Å². The first-order valence-electron chi connectivity index (χ1n) is 9.15. The Morgan fingerprint density at radius 3 is 2.25 bits per heavy atom. The van der Waals surface area contributed by atoms with Crippen LogP contribution in [0.4, 0.5) is 11.4 Å². The Morgan fingerprint density at radius 1 is 0.821 bits per heavy atom. The highest BCUT2D eigenvalue weighted by molar-refractivity contribution is 5.95. The standard InChI is InChI=1S/C22H26N2O4/c1-14-8-9-18(16(3)12-14)23-20(25)10-11-22(27)28-13-21(26)24-19-7-5-6-15(2)17(19)4/h5-9,12H,10-11,13H2,1-4H3,(H,23,25)(H,24,26). The summed E-state index contributed by atoms with van der Waals surface area (Å²) in [5.74, 6) is -1.28. The summed E-state index contributed by atoms with van der Waals surface area (Å²) in [4.78, 5) is 35.8. The fourth-order valence-electron chi connectivity index (χ4n) is 2.67. The van der Waals surface area contributed by atoms with Crippen LogP contribution in [0, 0.1) is 27.7 Å². The molecule has 0 aliphatic heterocycles. The molecule has 0 aromatic heterocycles. The monoisotopic (exact) mass is 382 g/mol.